The molecule has 2 bridgehead atoms. The lowest BCUT2D eigenvalue weighted by atomic mass is 9.71. The van der Waals surface area contributed by atoms with Crippen molar-refractivity contribution in [3.05, 3.63) is 83.8 Å². The normalized spacial score (nSPS) is 27.0. The van der Waals surface area contributed by atoms with Gasteiger partial charge in [0.25, 0.3) is 0 Å². The zero-order valence-electron chi connectivity index (χ0n) is 19.1. The zero-order chi connectivity index (χ0) is 24.0. The summed E-state index contributed by atoms with van der Waals surface area (Å²) in [7, 11) is 1.59. The van der Waals surface area contributed by atoms with Crippen LogP contribution in [-0.2, 0) is 6.54 Å². The van der Waals surface area contributed by atoms with Crippen molar-refractivity contribution >= 4 is 10.9 Å². The summed E-state index contributed by atoms with van der Waals surface area (Å²) in [5.74, 6) is -1.77. The number of aliphatic hydroxyl groups excluding tert-OH is 1. The van der Waals surface area contributed by atoms with Crippen LogP contribution in [0.5, 0.6) is 5.75 Å². The van der Waals surface area contributed by atoms with E-state index in [1.807, 2.05) is 30.3 Å². The van der Waals surface area contributed by atoms with Crippen molar-refractivity contribution in [2.75, 3.05) is 20.2 Å². The fourth-order valence-electron chi connectivity index (χ4n) is 6.14. The first kappa shape index (κ1) is 22.9. The summed E-state index contributed by atoms with van der Waals surface area (Å²) >= 11 is 0. The number of fused-ring (bicyclic) bond motifs is 4. The third kappa shape index (κ3) is 3.77. The maximum Gasteiger partial charge on any atom is 0.161 e. The maximum absolute atomic E-state index is 14.7. The number of ether oxygens (including phenoxy) is 1. The van der Waals surface area contributed by atoms with E-state index in [0.717, 1.165) is 41.9 Å². The Kier molecular flexibility index (Phi) is 5.86. The molecule has 7 heteroatoms. The van der Waals surface area contributed by atoms with Crippen molar-refractivity contribution in [3.63, 3.8) is 0 Å². The molecular weight excluding hydrogens is 441 g/mol. The van der Waals surface area contributed by atoms with Crippen LogP contribution in [0.1, 0.15) is 30.1 Å². The van der Waals surface area contributed by atoms with Crippen molar-refractivity contribution in [2.24, 2.45) is 11.8 Å². The maximum atomic E-state index is 14.7. The van der Waals surface area contributed by atoms with Crippen LogP contribution in [0.4, 0.5) is 13.2 Å². The Balaban J connectivity index is 1.58. The Hall–Kier alpha value is -2.90. The highest BCUT2D eigenvalue weighted by Gasteiger charge is 2.54. The Morgan fingerprint density at radius 2 is 1.97 bits per heavy atom. The number of aromatic nitrogens is 1. The van der Waals surface area contributed by atoms with E-state index >= 15 is 0 Å². The molecule has 0 radical (unpaired) electrons. The second-order valence-electron chi connectivity index (χ2n) is 9.62. The number of quaternary nitrogens is 1. The van der Waals surface area contributed by atoms with Crippen molar-refractivity contribution in [1.82, 2.24) is 4.98 Å². The lowest BCUT2D eigenvalue weighted by molar-refractivity contribution is -0.985. The first-order chi connectivity index (χ1) is 16.3. The lowest BCUT2D eigenvalue weighted by Gasteiger charge is -2.58. The molecule has 6 rings (SSSR count). The standard InChI is InChI=1S/C27H28F3N2O2/c1-3-16-14-32(15-18-10-23(29)24(30)13-22(18)28)9-7-17(16)11-26(32)27(33)20-6-8-31-25-5-4-19(34-2)12-21(20)25/h3-6,8,10,12-13,16-17,26-27,33H,1,7,9,11,14-15H2,2H3/q+1/t16-,17?,26-,27+,32?/m0/s1. The first-order valence-corrected chi connectivity index (χ1v) is 11.6. The molecule has 4 heterocycles. The molecule has 0 amide bonds. The molecule has 3 saturated heterocycles. The highest BCUT2D eigenvalue weighted by atomic mass is 19.2. The van der Waals surface area contributed by atoms with Gasteiger partial charge in [-0.2, -0.15) is 0 Å². The molecule has 178 valence electrons. The van der Waals surface area contributed by atoms with E-state index in [1.54, 1.807) is 13.3 Å². The summed E-state index contributed by atoms with van der Waals surface area (Å²) in [4.78, 5) is 4.42. The lowest BCUT2D eigenvalue weighted by Crippen LogP contribution is -2.67. The van der Waals surface area contributed by atoms with Gasteiger partial charge in [0.1, 0.15) is 30.3 Å². The van der Waals surface area contributed by atoms with Gasteiger partial charge < -0.3 is 14.3 Å². The largest absolute Gasteiger partial charge is 0.497 e. The Bertz CT molecular complexity index is 1250. The van der Waals surface area contributed by atoms with Gasteiger partial charge in [-0.25, -0.2) is 13.2 Å². The van der Waals surface area contributed by atoms with Gasteiger partial charge in [0.05, 0.1) is 25.7 Å². The van der Waals surface area contributed by atoms with Crippen molar-refractivity contribution < 1.29 is 27.5 Å². The van der Waals surface area contributed by atoms with Gasteiger partial charge in [0, 0.05) is 42.0 Å². The number of aliphatic hydroxyl groups is 1. The number of methoxy groups -OCH3 is 1. The molecule has 0 spiro atoms. The summed E-state index contributed by atoms with van der Waals surface area (Å²) in [5, 5.41) is 12.6. The van der Waals surface area contributed by atoms with Gasteiger partial charge in [-0.3, -0.25) is 4.98 Å². The van der Waals surface area contributed by atoms with E-state index in [0.29, 0.717) is 28.8 Å². The average molecular weight is 470 g/mol. The topological polar surface area (TPSA) is 42.4 Å². The SMILES string of the molecule is C=C[C@H]1C[N+]2(Cc3cc(F)c(F)cc3F)CCC1C[C@H]2[C@H](O)c1ccnc2ccc(OC)cc12. The summed E-state index contributed by atoms with van der Waals surface area (Å²) in [5.41, 5.74) is 1.61. The minimum atomic E-state index is -1.20. The molecule has 3 aliphatic rings. The van der Waals surface area contributed by atoms with E-state index in [1.165, 1.54) is 0 Å². The van der Waals surface area contributed by atoms with E-state index in [9.17, 15) is 18.3 Å². The predicted octanol–water partition coefficient (Wildman–Crippen LogP) is 5.31. The van der Waals surface area contributed by atoms with Crippen LogP contribution >= 0.6 is 0 Å². The molecule has 2 unspecified atom stereocenters. The van der Waals surface area contributed by atoms with Crippen LogP contribution in [0, 0.1) is 29.3 Å². The number of hydrogen-bond donors (Lipinski definition) is 1. The molecule has 4 nitrogen and oxygen atoms in total. The summed E-state index contributed by atoms with van der Waals surface area (Å²) in [6, 6.07) is 8.69. The highest BCUT2D eigenvalue weighted by molar-refractivity contribution is 5.83. The molecular formula is C27H28F3N2O2+. The number of benzene rings is 2. The smallest absolute Gasteiger partial charge is 0.161 e. The van der Waals surface area contributed by atoms with Crippen molar-refractivity contribution in [1.29, 1.82) is 0 Å². The minimum Gasteiger partial charge on any atom is -0.497 e. The monoisotopic (exact) mass is 469 g/mol. The molecule has 3 fully saturated rings. The zero-order valence-corrected chi connectivity index (χ0v) is 19.1. The van der Waals surface area contributed by atoms with Gasteiger partial charge in [-0.1, -0.05) is 6.08 Å². The Labute approximate surface area is 196 Å². The van der Waals surface area contributed by atoms with E-state index in [2.05, 4.69) is 11.6 Å². The van der Waals surface area contributed by atoms with Gasteiger partial charge in [-0.05, 0) is 41.8 Å². The highest BCUT2D eigenvalue weighted by Crippen LogP contribution is 2.48. The Morgan fingerprint density at radius 3 is 2.74 bits per heavy atom. The van der Waals surface area contributed by atoms with Crippen molar-refractivity contribution in [2.45, 2.75) is 31.5 Å². The number of rotatable bonds is 6. The molecule has 5 atom stereocenters. The van der Waals surface area contributed by atoms with Crippen LogP contribution in [0.25, 0.3) is 10.9 Å². The van der Waals surface area contributed by atoms with Crippen LogP contribution < -0.4 is 4.74 Å². The van der Waals surface area contributed by atoms with E-state index in [-0.39, 0.29) is 24.1 Å². The molecule has 0 saturated carbocycles. The molecule has 3 aromatic rings. The quantitative estimate of drug-likeness (QED) is 0.302. The van der Waals surface area contributed by atoms with Gasteiger partial charge in [0.15, 0.2) is 11.6 Å². The van der Waals surface area contributed by atoms with Crippen molar-refractivity contribution in [3.8, 4) is 5.75 Å². The van der Waals surface area contributed by atoms with Crippen LogP contribution in [0.2, 0.25) is 0 Å². The number of piperidine rings is 3. The number of hydrogen-bond acceptors (Lipinski definition) is 3. The minimum absolute atomic E-state index is 0.125. The third-order valence-corrected chi connectivity index (χ3v) is 7.92. The second kappa shape index (κ2) is 8.71. The number of nitrogens with zero attached hydrogens (tertiary/aromatic N) is 2. The molecule has 1 N–H and O–H groups in total. The second-order valence-corrected chi connectivity index (χ2v) is 9.62. The molecule has 2 aromatic carbocycles. The Morgan fingerprint density at radius 1 is 1.18 bits per heavy atom. The summed E-state index contributed by atoms with van der Waals surface area (Å²) in [6.45, 7) is 5.56. The first-order valence-electron chi connectivity index (χ1n) is 11.6. The third-order valence-electron chi connectivity index (χ3n) is 7.92. The fraction of sp³-hybridized carbons (Fsp3) is 0.370. The van der Waals surface area contributed by atoms with Gasteiger partial charge in [-0.15, -0.1) is 6.58 Å². The predicted molar refractivity (Wildman–Crippen MR) is 123 cm³/mol. The van der Waals surface area contributed by atoms with E-state index < -0.39 is 23.6 Å². The van der Waals surface area contributed by atoms with Gasteiger partial charge in [0.2, 0.25) is 0 Å². The number of pyridine rings is 1. The summed E-state index contributed by atoms with van der Waals surface area (Å²) < 4.78 is 48.1. The molecule has 34 heavy (non-hydrogen) atoms. The molecule has 3 aliphatic heterocycles. The van der Waals surface area contributed by atoms with Gasteiger partial charge >= 0.3 is 0 Å². The molecule has 1 aromatic heterocycles. The molecule has 0 aliphatic carbocycles. The van der Waals surface area contributed by atoms with Crippen LogP contribution in [0.3, 0.4) is 0 Å². The average Bonchev–Trinajstić information content (AvgIpc) is 2.86. The van der Waals surface area contributed by atoms with Crippen LogP contribution in [0.15, 0.2) is 55.3 Å². The van der Waals surface area contributed by atoms with Crippen LogP contribution in [-0.4, -0.2) is 40.8 Å². The summed E-state index contributed by atoms with van der Waals surface area (Å²) in [6.07, 6.45) is 4.41. The van der Waals surface area contributed by atoms with E-state index in [4.69, 9.17) is 4.74 Å². The number of halogens is 3. The fourth-order valence-corrected chi connectivity index (χ4v) is 6.14.